The highest BCUT2D eigenvalue weighted by Crippen LogP contribution is 2.29. The van der Waals surface area contributed by atoms with Crippen LogP contribution in [0.3, 0.4) is 0 Å². The Hall–Kier alpha value is -3.08. The Bertz CT molecular complexity index is 789. The van der Waals surface area contributed by atoms with Crippen molar-refractivity contribution in [2.75, 3.05) is 34.8 Å². The predicted octanol–water partition coefficient (Wildman–Crippen LogP) is 3.44. The number of benzene rings is 2. The number of amides is 2. The molecule has 2 aromatic carbocycles. The van der Waals surface area contributed by atoms with Gasteiger partial charge in [0.15, 0.2) is 0 Å². The van der Waals surface area contributed by atoms with Gasteiger partial charge in [-0.25, -0.2) is 0 Å². The summed E-state index contributed by atoms with van der Waals surface area (Å²) in [5, 5.41) is 3.20. The van der Waals surface area contributed by atoms with Crippen LogP contribution >= 0.6 is 0 Å². The molecule has 1 saturated heterocycles. The van der Waals surface area contributed by atoms with Gasteiger partial charge in [0.25, 0.3) is 0 Å². The molecule has 1 aliphatic rings. The molecule has 26 heavy (non-hydrogen) atoms. The molecule has 0 bridgehead atoms. The third kappa shape index (κ3) is 3.94. The molecule has 5 nitrogen and oxygen atoms in total. The highest BCUT2D eigenvalue weighted by Gasteiger charge is 2.24. The van der Waals surface area contributed by atoms with E-state index in [0.717, 1.165) is 30.0 Å². The van der Waals surface area contributed by atoms with Crippen LogP contribution in [0.15, 0.2) is 67.3 Å². The summed E-state index contributed by atoms with van der Waals surface area (Å²) < 4.78 is 0. The number of nitrogens with zero attached hydrogens (tertiary/aromatic N) is 2. The maximum Gasteiger partial charge on any atom is 0.246 e. The maximum absolute atomic E-state index is 12.7. The van der Waals surface area contributed by atoms with E-state index in [1.165, 1.54) is 0 Å². The Kier molecular flexibility index (Phi) is 5.69. The Labute approximate surface area is 153 Å². The maximum atomic E-state index is 12.7. The monoisotopic (exact) mass is 349 g/mol. The van der Waals surface area contributed by atoms with Gasteiger partial charge >= 0.3 is 0 Å². The average molecular weight is 349 g/mol. The van der Waals surface area contributed by atoms with Crippen LogP contribution < -0.4 is 15.1 Å². The highest BCUT2D eigenvalue weighted by atomic mass is 16.2. The van der Waals surface area contributed by atoms with Crippen LogP contribution in [0, 0.1) is 0 Å². The number of carbonyl (C=O) groups is 2. The summed E-state index contributed by atoms with van der Waals surface area (Å²) in [5.74, 6) is 0.0711. The van der Waals surface area contributed by atoms with Gasteiger partial charge in [0, 0.05) is 25.2 Å². The number of hydrogen-bond donors (Lipinski definition) is 1. The molecule has 0 aromatic heterocycles. The first-order valence-corrected chi connectivity index (χ1v) is 8.80. The normalized spacial score (nSPS) is 13.5. The van der Waals surface area contributed by atoms with Crippen molar-refractivity contribution < 1.29 is 9.59 Å². The van der Waals surface area contributed by atoms with Crippen LogP contribution in [0.4, 0.5) is 17.1 Å². The van der Waals surface area contributed by atoms with E-state index in [1.807, 2.05) is 54.6 Å². The number of rotatable bonds is 7. The van der Waals surface area contributed by atoms with Crippen molar-refractivity contribution in [1.82, 2.24) is 0 Å². The molecule has 0 aliphatic carbocycles. The van der Waals surface area contributed by atoms with Crippen LogP contribution in [-0.2, 0) is 9.59 Å². The summed E-state index contributed by atoms with van der Waals surface area (Å²) in [7, 11) is 0. The lowest BCUT2D eigenvalue weighted by Crippen LogP contribution is -2.36. The summed E-state index contributed by atoms with van der Waals surface area (Å²) in [6.45, 7) is 5.05. The number of nitrogens with one attached hydrogen (secondary N) is 1. The number of hydrogen-bond acceptors (Lipinski definition) is 3. The summed E-state index contributed by atoms with van der Waals surface area (Å²) >= 11 is 0. The van der Waals surface area contributed by atoms with Crippen LogP contribution in [0.5, 0.6) is 0 Å². The van der Waals surface area contributed by atoms with Crippen LogP contribution in [0.25, 0.3) is 0 Å². The zero-order valence-electron chi connectivity index (χ0n) is 14.7. The molecular formula is C21H23N3O2. The molecule has 134 valence electrons. The highest BCUT2D eigenvalue weighted by molar-refractivity contribution is 6.00. The van der Waals surface area contributed by atoms with Crippen LogP contribution in [0.2, 0.25) is 0 Å². The Morgan fingerprint density at radius 2 is 1.88 bits per heavy atom. The molecule has 0 unspecified atom stereocenters. The van der Waals surface area contributed by atoms with Crippen molar-refractivity contribution in [3.05, 3.63) is 67.3 Å². The Morgan fingerprint density at radius 1 is 1.15 bits per heavy atom. The first-order chi connectivity index (χ1) is 12.7. The minimum Gasteiger partial charge on any atom is -0.374 e. The molecule has 0 atom stereocenters. The zero-order valence-corrected chi connectivity index (χ0v) is 14.7. The van der Waals surface area contributed by atoms with Gasteiger partial charge < -0.3 is 15.1 Å². The molecule has 0 radical (unpaired) electrons. The van der Waals surface area contributed by atoms with E-state index >= 15 is 0 Å². The molecule has 3 rings (SSSR count). The fourth-order valence-electron chi connectivity index (χ4n) is 3.12. The second kappa shape index (κ2) is 8.34. The van der Waals surface area contributed by atoms with Gasteiger partial charge in [0.1, 0.15) is 0 Å². The standard InChI is InChI=1S/C21H23N3O2/c1-2-14-23(17-9-4-3-5-10-17)21(26)16-22-18-11-6-7-12-19(18)24-15-8-13-20(24)25/h2-7,9-12,22H,1,8,13-16H2. The van der Waals surface area contributed by atoms with Crippen molar-refractivity contribution in [1.29, 1.82) is 0 Å². The summed E-state index contributed by atoms with van der Waals surface area (Å²) in [4.78, 5) is 28.3. The van der Waals surface area contributed by atoms with E-state index in [9.17, 15) is 9.59 Å². The van der Waals surface area contributed by atoms with Crippen molar-refractivity contribution in [3.8, 4) is 0 Å². The molecule has 2 amide bonds. The van der Waals surface area contributed by atoms with E-state index in [-0.39, 0.29) is 18.4 Å². The minimum atomic E-state index is -0.0568. The van der Waals surface area contributed by atoms with Crippen LogP contribution in [0.1, 0.15) is 12.8 Å². The second-order valence-electron chi connectivity index (χ2n) is 6.15. The molecule has 0 saturated carbocycles. The van der Waals surface area contributed by atoms with Crippen molar-refractivity contribution >= 4 is 28.9 Å². The van der Waals surface area contributed by atoms with Crippen molar-refractivity contribution in [2.45, 2.75) is 12.8 Å². The summed E-state index contributed by atoms with van der Waals surface area (Å²) in [5.41, 5.74) is 2.46. The van der Waals surface area contributed by atoms with Gasteiger partial charge in [-0.15, -0.1) is 6.58 Å². The first-order valence-electron chi connectivity index (χ1n) is 8.80. The number of para-hydroxylation sites is 3. The van der Waals surface area contributed by atoms with Crippen LogP contribution in [-0.4, -0.2) is 31.4 Å². The molecule has 5 heteroatoms. The van der Waals surface area contributed by atoms with E-state index < -0.39 is 0 Å². The Morgan fingerprint density at radius 3 is 2.58 bits per heavy atom. The second-order valence-corrected chi connectivity index (χ2v) is 6.15. The lowest BCUT2D eigenvalue weighted by atomic mass is 10.2. The average Bonchev–Trinajstić information content (AvgIpc) is 3.11. The third-order valence-electron chi connectivity index (χ3n) is 4.38. The molecule has 2 aromatic rings. The zero-order chi connectivity index (χ0) is 18.4. The third-order valence-corrected chi connectivity index (χ3v) is 4.38. The van der Waals surface area contributed by atoms with Gasteiger partial charge in [0.2, 0.25) is 11.8 Å². The molecular weight excluding hydrogens is 326 g/mol. The molecule has 1 heterocycles. The Balaban J connectivity index is 1.73. The largest absolute Gasteiger partial charge is 0.374 e. The molecule has 1 N–H and O–H groups in total. The summed E-state index contributed by atoms with van der Waals surface area (Å²) in [6, 6.07) is 17.1. The smallest absolute Gasteiger partial charge is 0.246 e. The van der Waals surface area contributed by atoms with Crippen molar-refractivity contribution in [3.63, 3.8) is 0 Å². The SMILES string of the molecule is C=CCN(C(=O)CNc1ccccc1N1CCCC1=O)c1ccccc1. The van der Waals surface area contributed by atoms with E-state index in [4.69, 9.17) is 0 Å². The number of anilines is 3. The topological polar surface area (TPSA) is 52.7 Å². The fourth-order valence-corrected chi connectivity index (χ4v) is 3.12. The van der Waals surface area contributed by atoms with Crippen molar-refractivity contribution in [2.24, 2.45) is 0 Å². The lowest BCUT2D eigenvalue weighted by Gasteiger charge is -2.23. The number of carbonyl (C=O) groups excluding carboxylic acids is 2. The van der Waals surface area contributed by atoms with E-state index in [1.54, 1.807) is 15.9 Å². The van der Waals surface area contributed by atoms with Gasteiger partial charge in [-0.05, 0) is 30.7 Å². The quantitative estimate of drug-likeness (QED) is 0.779. The lowest BCUT2D eigenvalue weighted by molar-refractivity contribution is -0.117. The van der Waals surface area contributed by atoms with E-state index in [2.05, 4.69) is 11.9 Å². The molecule has 0 spiro atoms. The molecule has 1 fully saturated rings. The predicted molar refractivity (Wildman–Crippen MR) is 106 cm³/mol. The van der Waals surface area contributed by atoms with Gasteiger partial charge in [0.05, 0.1) is 17.9 Å². The fraction of sp³-hybridized carbons (Fsp3) is 0.238. The summed E-state index contributed by atoms with van der Waals surface area (Å²) in [6.07, 6.45) is 3.16. The van der Waals surface area contributed by atoms with Gasteiger partial charge in [-0.3, -0.25) is 9.59 Å². The minimum absolute atomic E-state index is 0.0568. The van der Waals surface area contributed by atoms with Gasteiger partial charge in [-0.1, -0.05) is 36.4 Å². The first kappa shape index (κ1) is 17.7. The van der Waals surface area contributed by atoms with Gasteiger partial charge in [-0.2, -0.15) is 0 Å². The van der Waals surface area contributed by atoms with E-state index in [0.29, 0.717) is 13.0 Å². The molecule has 1 aliphatic heterocycles.